The van der Waals surface area contributed by atoms with Gasteiger partial charge in [0.1, 0.15) is 4.60 Å². The van der Waals surface area contributed by atoms with E-state index in [0.717, 1.165) is 36.2 Å². The van der Waals surface area contributed by atoms with Crippen LogP contribution in [0.25, 0.3) is 0 Å². The van der Waals surface area contributed by atoms with Crippen LogP contribution in [0.5, 0.6) is 0 Å². The summed E-state index contributed by atoms with van der Waals surface area (Å²) >= 11 is 3.40. The number of likely N-dealkylation sites (tertiary alicyclic amines) is 1. The second kappa shape index (κ2) is 5.59. The monoisotopic (exact) mass is 325 g/mol. The number of nitrogens with zero attached hydrogens (tertiary/aromatic N) is 2. The molecule has 0 bridgehead atoms. The van der Waals surface area contributed by atoms with Gasteiger partial charge in [-0.1, -0.05) is 6.07 Å². The molecule has 104 valence electrons. The average molecular weight is 326 g/mol. The van der Waals surface area contributed by atoms with Crippen LogP contribution >= 0.6 is 15.9 Å². The van der Waals surface area contributed by atoms with Crippen LogP contribution in [-0.4, -0.2) is 34.4 Å². The van der Waals surface area contributed by atoms with Gasteiger partial charge in [0.05, 0.1) is 5.54 Å². The number of amides is 1. The van der Waals surface area contributed by atoms with Crippen molar-refractivity contribution in [1.29, 1.82) is 0 Å². The summed E-state index contributed by atoms with van der Waals surface area (Å²) in [5.41, 5.74) is 6.19. The molecule has 2 rings (SSSR count). The zero-order valence-corrected chi connectivity index (χ0v) is 13.0. The average Bonchev–Trinajstić information content (AvgIpc) is 2.37. The van der Waals surface area contributed by atoms with Gasteiger partial charge in [-0.2, -0.15) is 0 Å². The summed E-state index contributed by atoms with van der Waals surface area (Å²) in [7, 11) is 0. The van der Waals surface area contributed by atoms with Crippen molar-refractivity contribution in [3.05, 3.63) is 28.5 Å². The Morgan fingerprint density at radius 1 is 1.42 bits per heavy atom. The minimum atomic E-state index is -0.777. The summed E-state index contributed by atoms with van der Waals surface area (Å²) in [5.74, 6) is 0.468. The molecule has 1 saturated heterocycles. The summed E-state index contributed by atoms with van der Waals surface area (Å²) in [6, 6.07) is 5.99. The van der Waals surface area contributed by atoms with E-state index in [-0.39, 0.29) is 5.91 Å². The SMILES string of the molecule is CC(C)(N)C(=O)N1CCC(c2cccc(Br)n2)CC1. The molecule has 0 aliphatic carbocycles. The third-order valence-electron chi connectivity index (χ3n) is 3.49. The third kappa shape index (κ3) is 3.54. The largest absolute Gasteiger partial charge is 0.341 e. The Balaban J connectivity index is 1.98. The molecule has 0 saturated carbocycles. The molecule has 1 aromatic rings. The van der Waals surface area contributed by atoms with Crippen molar-refractivity contribution in [2.75, 3.05) is 13.1 Å². The van der Waals surface area contributed by atoms with Crippen LogP contribution in [0.15, 0.2) is 22.8 Å². The summed E-state index contributed by atoms with van der Waals surface area (Å²) < 4.78 is 0.867. The van der Waals surface area contributed by atoms with Gasteiger partial charge in [0.2, 0.25) is 5.91 Å². The molecule has 0 unspecified atom stereocenters. The van der Waals surface area contributed by atoms with E-state index in [4.69, 9.17) is 5.73 Å². The van der Waals surface area contributed by atoms with Gasteiger partial charge in [0.15, 0.2) is 0 Å². The first kappa shape index (κ1) is 14.5. The number of aromatic nitrogens is 1. The van der Waals surface area contributed by atoms with Crippen molar-refractivity contribution in [2.24, 2.45) is 5.73 Å². The Bertz CT molecular complexity index is 462. The van der Waals surface area contributed by atoms with Gasteiger partial charge in [0.25, 0.3) is 0 Å². The molecular weight excluding hydrogens is 306 g/mol. The predicted octanol–water partition coefficient (Wildman–Crippen LogP) is 2.29. The van der Waals surface area contributed by atoms with Crippen molar-refractivity contribution in [3.63, 3.8) is 0 Å². The summed E-state index contributed by atoms with van der Waals surface area (Å²) in [6.07, 6.45) is 1.90. The highest BCUT2D eigenvalue weighted by molar-refractivity contribution is 9.10. The Morgan fingerprint density at radius 2 is 2.05 bits per heavy atom. The number of carbonyl (C=O) groups is 1. The topological polar surface area (TPSA) is 59.2 Å². The van der Waals surface area contributed by atoms with E-state index in [1.165, 1.54) is 0 Å². The van der Waals surface area contributed by atoms with E-state index in [1.807, 2.05) is 17.0 Å². The number of hydrogen-bond donors (Lipinski definition) is 1. The first-order valence-electron chi connectivity index (χ1n) is 6.58. The molecule has 4 nitrogen and oxygen atoms in total. The van der Waals surface area contributed by atoms with Crippen molar-refractivity contribution in [3.8, 4) is 0 Å². The maximum Gasteiger partial charge on any atom is 0.242 e. The van der Waals surface area contributed by atoms with Gasteiger partial charge < -0.3 is 10.6 Å². The molecule has 1 aliphatic rings. The third-order valence-corrected chi connectivity index (χ3v) is 3.93. The number of nitrogens with two attached hydrogens (primary N) is 1. The summed E-state index contributed by atoms with van der Waals surface area (Å²) in [4.78, 5) is 18.5. The van der Waals surface area contributed by atoms with E-state index < -0.39 is 5.54 Å². The lowest BCUT2D eigenvalue weighted by Gasteiger charge is -2.35. The van der Waals surface area contributed by atoms with E-state index in [1.54, 1.807) is 13.8 Å². The van der Waals surface area contributed by atoms with Gasteiger partial charge in [0, 0.05) is 24.7 Å². The zero-order chi connectivity index (χ0) is 14.0. The highest BCUT2D eigenvalue weighted by atomic mass is 79.9. The Hall–Kier alpha value is -0.940. The zero-order valence-electron chi connectivity index (χ0n) is 11.4. The van der Waals surface area contributed by atoms with Crippen molar-refractivity contribution in [1.82, 2.24) is 9.88 Å². The van der Waals surface area contributed by atoms with Crippen LogP contribution in [0.3, 0.4) is 0 Å². The minimum absolute atomic E-state index is 0.0353. The smallest absolute Gasteiger partial charge is 0.242 e. The lowest BCUT2D eigenvalue weighted by atomic mass is 9.92. The van der Waals surface area contributed by atoms with Gasteiger partial charge in [-0.05, 0) is 54.8 Å². The molecule has 1 aliphatic heterocycles. The second-order valence-corrected chi connectivity index (χ2v) is 6.49. The molecule has 0 spiro atoms. The fourth-order valence-electron chi connectivity index (χ4n) is 2.44. The molecule has 1 fully saturated rings. The molecule has 19 heavy (non-hydrogen) atoms. The Labute approximate surface area is 122 Å². The molecule has 0 radical (unpaired) electrons. The first-order valence-corrected chi connectivity index (χ1v) is 7.38. The van der Waals surface area contributed by atoms with Crippen LogP contribution in [0, 0.1) is 0 Å². The van der Waals surface area contributed by atoms with Crippen LogP contribution < -0.4 is 5.73 Å². The van der Waals surface area contributed by atoms with Gasteiger partial charge in [-0.3, -0.25) is 4.79 Å². The molecule has 5 heteroatoms. The summed E-state index contributed by atoms with van der Waals surface area (Å²) in [6.45, 7) is 5.05. The van der Waals surface area contributed by atoms with Crippen molar-refractivity contribution < 1.29 is 4.79 Å². The molecule has 0 aromatic carbocycles. The number of halogens is 1. The van der Waals surface area contributed by atoms with E-state index in [2.05, 4.69) is 27.0 Å². The molecule has 1 aromatic heterocycles. The van der Waals surface area contributed by atoms with Crippen LogP contribution in [0.2, 0.25) is 0 Å². The Morgan fingerprint density at radius 3 is 2.58 bits per heavy atom. The highest BCUT2D eigenvalue weighted by Crippen LogP contribution is 2.28. The minimum Gasteiger partial charge on any atom is -0.341 e. The number of rotatable bonds is 2. The standard InChI is InChI=1S/C14H20BrN3O/c1-14(2,16)13(19)18-8-6-10(7-9-18)11-4-3-5-12(15)17-11/h3-5,10H,6-9,16H2,1-2H3. The first-order chi connectivity index (χ1) is 8.88. The quantitative estimate of drug-likeness (QED) is 0.849. The van der Waals surface area contributed by atoms with Gasteiger partial charge in [-0.15, -0.1) is 0 Å². The molecular formula is C14H20BrN3O. The lowest BCUT2D eigenvalue weighted by molar-refractivity contribution is -0.136. The Kier molecular flexibility index (Phi) is 4.26. The second-order valence-electron chi connectivity index (χ2n) is 5.67. The highest BCUT2D eigenvalue weighted by Gasteiger charge is 2.31. The summed E-state index contributed by atoms with van der Waals surface area (Å²) in [5, 5.41) is 0. The predicted molar refractivity (Wildman–Crippen MR) is 78.8 cm³/mol. The van der Waals surface area contributed by atoms with Crippen LogP contribution in [0.4, 0.5) is 0 Å². The van der Waals surface area contributed by atoms with E-state index >= 15 is 0 Å². The maximum absolute atomic E-state index is 12.1. The molecule has 2 N–H and O–H groups in total. The number of hydrogen-bond acceptors (Lipinski definition) is 3. The maximum atomic E-state index is 12.1. The molecule has 2 heterocycles. The van der Waals surface area contributed by atoms with Gasteiger partial charge in [-0.25, -0.2) is 4.98 Å². The van der Waals surface area contributed by atoms with Crippen LogP contribution in [0.1, 0.15) is 38.3 Å². The number of carbonyl (C=O) groups excluding carboxylic acids is 1. The van der Waals surface area contributed by atoms with E-state index in [9.17, 15) is 4.79 Å². The van der Waals surface area contributed by atoms with Crippen LogP contribution in [-0.2, 0) is 4.79 Å². The fraction of sp³-hybridized carbons (Fsp3) is 0.571. The number of piperidine rings is 1. The lowest BCUT2D eigenvalue weighted by Crippen LogP contribution is -2.53. The van der Waals surface area contributed by atoms with Gasteiger partial charge >= 0.3 is 0 Å². The van der Waals surface area contributed by atoms with Crippen molar-refractivity contribution in [2.45, 2.75) is 38.1 Å². The molecule has 0 atom stereocenters. The molecule has 1 amide bonds. The van der Waals surface area contributed by atoms with Crippen molar-refractivity contribution >= 4 is 21.8 Å². The van der Waals surface area contributed by atoms with E-state index in [0.29, 0.717) is 5.92 Å². The number of pyridine rings is 1. The fourth-order valence-corrected chi connectivity index (χ4v) is 2.79. The normalized spacial score (nSPS) is 17.6.